The molecule has 0 aromatic heterocycles. The van der Waals surface area contributed by atoms with Crippen molar-refractivity contribution in [1.29, 1.82) is 0 Å². The van der Waals surface area contributed by atoms with E-state index >= 15 is 0 Å². The number of rotatable bonds is 4. The van der Waals surface area contributed by atoms with E-state index in [2.05, 4.69) is 10.6 Å². The maximum atomic E-state index is 12.4. The molecule has 1 aromatic carbocycles. The van der Waals surface area contributed by atoms with Crippen LogP contribution in [0.5, 0.6) is 0 Å². The molecule has 1 unspecified atom stereocenters. The standard InChI is InChI=1S/C15H18ClN3O2/c16-11-2-1-3-12(6-11)19-5-4-13(15(19)21)14(20)18-9-10-7-17-8-10/h1-3,6,10,13,17H,4-5,7-9H2,(H,18,20). The van der Waals surface area contributed by atoms with E-state index in [0.29, 0.717) is 30.5 Å². The third-order valence-electron chi connectivity index (χ3n) is 4.07. The lowest BCUT2D eigenvalue weighted by atomic mass is 10.0. The predicted molar refractivity (Wildman–Crippen MR) is 81.3 cm³/mol. The molecule has 21 heavy (non-hydrogen) atoms. The quantitative estimate of drug-likeness (QED) is 0.817. The van der Waals surface area contributed by atoms with Gasteiger partial charge in [-0.15, -0.1) is 0 Å². The fourth-order valence-corrected chi connectivity index (χ4v) is 2.87. The fraction of sp³-hybridized carbons (Fsp3) is 0.467. The highest BCUT2D eigenvalue weighted by atomic mass is 35.5. The van der Waals surface area contributed by atoms with Gasteiger partial charge < -0.3 is 15.5 Å². The molecule has 2 heterocycles. The molecule has 0 saturated carbocycles. The number of carbonyl (C=O) groups excluding carboxylic acids is 2. The first-order chi connectivity index (χ1) is 10.1. The third-order valence-corrected chi connectivity index (χ3v) is 4.31. The monoisotopic (exact) mass is 307 g/mol. The number of anilines is 1. The number of benzene rings is 1. The predicted octanol–water partition coefficient (Wildman–Crippen LogP) is 1.03. The lowest BCUT2D eigenvalue weighted by Gasteiger charge is -2.27. The fourth-order valence-electron chi connectivity index (χ4n) is 2.68. The average molecular weight is 308 g/mol. The van der Waals surface area contributed by atoms with Gasteiger partial charge in [0, 0.05) is 42.8 Å². The molecule has 3 rings (SSSR count). The lowest BCUT2D eigenvalue weighted by Crippen LogP contribution is -2.49. The maximum absolute atomic E-state index is 12.4. The molecule has 0 bridgehead atoms. The largest absolute Gasteiger partial charge is 0.355 e. The van der Waals surface area contributed by atoms with Crippen molar-refractivity contribution < 1.29 is 9.59 Å². The molecule has 2 saturated heterocycles. The van der Waals surface area contributed by atoms with Crippen molar-refractivity contribution in [2.24, 2.45) is 11.8 Å². The molecule has 0 aliphatic carbocycles. The first kappa shape index (κ1) is 14.4. The smallest absolute Gasteiger partial charge is 0.239 e. The molecule has 2 fully saturated rings. The van der Waals surface area contributed by atoms with Crippen LogP contribution in [0.3, 0.4) is 0 Å². The van der Waals surface area contributed by atoms with Gasteiger partial charge in [0.25, 0.3) is 0 Å². The molecule has 2 N–H and O–H groups in total. The SMILES string of the molecule is O=C(NCC1CNC1)C1CCN(c2cccc(Cl)c2)C1=O. The second-order valence-corrected chi connectivity index (χ2v) is 6.02. The molecule has 2 aliphatic rings. The van der Waals surface area contributed by atoms with Crippen LogP contribution in [0.4, 0.5) is 5.69 Å². The Morgan fingerprint density at radius 3 is 2.90 bits per heavy atom. The molecule has 2 amide bonds. The maximum Gasteiger partial charge on any atom is 0.239 e. The molecule has 112 valence electrons. The van der Waals surface area contributed by atoms with Gasteiger partial charge in [0.2, 0.25) is 11.8 Å². The third kappa shape index (κ3) is 3.04. The Morgan fingerprint density at radius 2 is 2.24 bits per heavy atom. The second-order valence-electron chi connectivity index (χ2n) is 5.58. The minimum absolute atomic E-state index is 0.137. The number of hydrogen-bond donors (Lipinski definition) is 2. The Bertz CT molecular complexity index is 560. The van der Waals surface area contributed by atoms with E-state index in [9.17, 15) is 9.59 Å². The second kappa shape index (κ2) is 6.03. The number of nitrogens with one attached hydrogen (secondary N) is 2. The van der Waals surface area contributed by atoms with Gasteiger partial charge in [-0.3, -0.25) is 9.59 Å². The number of nitrogens with zero attached hydrogens (tertiary/aromatic N) is 1. The minimum Gasteiger partial charge on any atom is -0.355 e. The van der Waals surface area contributed by atoms with Crippen LogP contribution in [0.2, 0.25) is 5.02 Å². The number of amides is 2. The molecular formula is C15H18ClN3O2. The summed E-state index contributed by atoms with van der Waals surface area (Å²) in [5, 5.41) is 6.63. The van der Waals surface area contributed by atoms with E-state index in [1.807, 2.05) is 12.1 Å². The van der Waals surface area contributed by atoms with Crippen molar-refractivity contribution in [3.63, 3.8) is 0 Å². The highest BCUT2D eigenvalue weighted by Gasteiger charge is 2.37. The number of carbonyl (C=O) groups is 2. The van der Waals surface area contributed by atoms with Gasteiger partial charge in [-0.25, -0.2) is 0 Å². The summed E-state index contributed by atoms with van der Waals surface area (Å²) in [4.78, 5) is 26.2. The first-order valence-electron chi connectivity index (χ1n) is 7.20. The van der Waals surface area contributed by atoms with Gasteiger partial charge >= 0.3 is 0 Å². The van der Waals surface area contributed by atoms with Crippen LogP contribution in [0.1, 0.15) is 6.42 Å². The van der Waals surface area contributed by atoms with Crippen molar-refractivity contribution in [1.82, 2.24) is 10.6 Å². The van der Waals surface area contributed by atoms with Gasteiger partial charge in [-0.05, 0) is 24.6 Å². The summed E-state index contributed by atoms with van der Waals surface area (Å²) >= 11 is 5.95. The van der Waals surface area contributed by atoms with Crippen LogP contribution < -0.4 is 15.5 Å². The number of halogens is 1. The van der Waals surface area contributed by atoms with Crippen LogP contribution in [0.15, 0.2) is 24.3 Å². The van der Waals surface area contributed by atoms with E-state index in [1.165, 1.54) is 0 Å². The van der Waals surface area contributed by atoms with Crippen molar-refractivity contribution in [2.75, 3.05) is 31.1 Å². The van der Waals surface area contributed by atoms with E-state index in [4.69, 9.17) is 11.6 Å². The molecule has 5 nitrogen and oxygen atoms in total. The summed E-state index contributed by atoms with van der Waals surface area (Å²) in [5.41, 5.74) is 0.756. The molecule has 6 heteroatoms. The summed E-state index contributed by atoms with van der Waals surface area (Å²) in [6, 6.07) is 7.16. The van der Waals surface area contributed by atoms with Crippen LogP contribution >= 0.6 is 11.6 Å². The van der Waals surface area contributed by atoms with Gasteiger partial charge in [0.15, 0.2) is 0 Å². The van der Waals surface area contributed by atoms with Gasteiger partial charge in [0.1, 0.15) is 5.92 Å². The summed E-state index contributed by atoms with van der Waals surface area (Å²) < 4.78 is 0. The zero-order chi connectivity index (χ0) is 14.8. The van der Waals surface area contributed by atoms with Crippen LogP contribution in [-0.2, 0) is 9.59 Å². The Hall–Kier alpha value is -1.59. The average Bonchev–Trinajstić information content (AvgIpc) is 2.78. The van der Waals surface area contributed by atoms with E-state index < -0.39 is 5.92 Å². The van der Waals surface area contributed by atoms with Crippen molar-refractivity contribution >= 4 is 29.1 Å². The van der Waals surface area contributed by atoms with Crippen molar-refractivity contribution in [3.05, 3.63) is 29.3 Å². The molecule has 0 radical (unpaired) electrons. The van der Waals surface area contributed by atoms with Gasteiger partial charge in [-0.1, -0.05) is 17.7 Å². The van der Waals surface area contributed by atoms with Crippen LogP contribution in [0, 0.1) is 11.8 Å². The van der Waals surface area contributed by atoms with Crippen LogP contribution in [-0.4, -0.2) is 38.0 Å². The number of hydrogen-bond acceptors (Lipinski definition) is 3. The lowest BCUT2D eigenvalue weighted by molar-refractivity contribution is -0.132. The topological polar surface area (TPSA) is 61.4 Å². The zero-order valence-electron chi connectivity index (χ0n) is 11.6. The summed E-state index contributed by atoms with van der Waals surface area (Å²) in [6.45, 7) is 3.08. The Labute approximate surface area is 128 Å². The zero-order valence-corrected chi connectivity index (χ0v) is 12.4. The van der Waals surface area contributed by atoms with Gasteiger partial charge in [0.05, 0.1) is 0 Å². The Kier molecular flexibility index (Phi) is 4.12. The Morgan fingerprint density at radius 1 is 1.43 bits per heavy atom. The van der Waals surface area contributed by atoms with E-state index in [-0.39, 0.29) is 11.8 Å². The van der Waals surface area contributed by atoms with Crippen LogP contribution in [0.25, 0.3) is 0 Å². The highest BCUT2D eigenvalue weighted by Crippen LogP contribution is 2.27. The Balaban J connectivity index is 1.61. The van der Waals surface area contributed by atoms with Crippen molar-refractivity contribution in [2.45, 2.75) is 6.42 Å². The summed E-state index contributed by atoms with van der Waals surface area (Å²) in [7, 11) is 0. The molecule has 0 spiro atoms. The molecule has 1 atom stereocenters. The minimum atomic E-state index is -0.572. The molecular weight excluding hydrogens is 290 g/mol. The highest BCUT2D eigenvalue weighted by molar-refractivity contribution is 6.31. The van der Waals surface area contributed by atoms with E-state index in [0.717, 1.165) is 18.8 Å². The molecule has 2 aliphatic heterocycles. The normalized spacial score (nSPS) is 22.2. The van der Waals surface area contributed by atoms with E-state index in [1.54, 1.807) is 17.0 Å². The summed E-state index contributed by atoms with van der Waals surface area (Å²) in [5.74, 6) is -0.371. The van der Waals surface area contributed by atoms with Gasteiger partial charge in [-0.2, -0.15) is 0 Å². The van der Waals surface area contributed by atoms with Crippen molar-refractivity contribution in [3.8, 4) is 0 Å². The molecule has 1 aromatic rings. The summed E-state index contributed by atoms with van der Waals surface area (Å²) in [6.07, 6.45) is 0.556. The first-order valence-corrected chi connectivity index (χ1v) is 7.58.